The van der Waals surface area contributed by atoms with Crippen LogP contribution in [0.2, 0.25) is 0 Å². The lowest BCUT2D eigenvalue weighted by atomic mass is 9.86. The predicted molar refractivity (Wildman–Crippen MR) is 75.7 cm³/mol. The first-order chi connectivity index (χ1) is 7.52. The molecular weight excluding hydrogens is 192 g/mol. The number of hydrogen-bond donors (Lipinski definition) is 0. The van der Waals surface area contributed by atoms with Crippen LogP contribution in [-0.2, 0) is 0 Å². The van der Waals surface area contributed by atoms with Crippen LogP contribution in [0.15, 0.2) is 0 Å². The summed E-state index contributed by atoms with van der Waals surface area (Å²) in [6.07, 6.45) is 8.41. The standard InChI is InChI=1S/C16H34/c1-7-13(3)15(5)11-9-10-12-16(6)14(4)8-2/h13-16H,7-12H2,1-6H3. The molecule has 0 aliphatic carbocycles. The predicted octanol–water partition coefficient (Wildman–Crippen LogP) is 5.91. The Morgan fingerprint density at radius 3 is 1.12 bits per heavy atom. The quantitative estimate of drug-likeness (QED) is 0.429. The van der Waals surface area contributed by atoms with Gasteiger partial charge in [-0.15, -0.1) is 0 Å². The van der Waals surface area contributed by atoms with Crippen LogP contribution in [0.25, 0.3) is 0 Å². The molecule has 0 saturated carbocycles. The van der Waals surface area contributed by atoms with Crippen LogP contribution in [-0.4, -0.2) is 0 Å². The van der Waals surface area contributed by atoms with E-state index in [0.29, 0.717) is 0 Å². The highest BCUT2D eigenvalue weighted by Crippen LogP contribution is 2.24. The van der Waals surface area contributed by atoms with Gasteiger partial charge in [-0.1, -0.05) is 80.1 Å². The van der Waals surface area contributed by atoms with Gasteiger partial charge in [0.25, 0.3) is 0 Å². The summed E-state index contributed by atoms with van der Waals surface area (Å²) in [4.78, 5) is 0. The third-order valence-electron chi connectivity index (χ3n) is 4.80. The normalized spacial score (nSPS) is 19.1. The monoisotopic (exact) mass is 226 g/mol. The molecule has 0 aromatic carbocycles. The maximum Gasteiger partial charge on any atom is -0.0417 e. The van der Waals surface area contributed by atoms with Gasteiger partial charge in [0.15, 0.2) is 0 Å². The first kappa shape index (κ1) is 16.0. The lowest BCUT2D eigenvalue weighted by Gasteiger charge is -2.20. The molecule has 0 rings (SSSR count). The SMILES string of the molecule is CCC(C)C(C)CCCCC(C)C(C)CC. The van der Waals surface area contributed by atoms with Gasteiger partial charge in [0, 0.05) is 0 Å². The minimum absolute atomic E-state index is 0.909. The molecule has 0 aromatic rings. The molecule has 0 aliphatic rings. The molecule has 16 heavy (non-hydrogen) atoms. The van der Waals surface area contributed by atoms with Gasteiger partial charge < -0.3 is 0 Å². The highest BCUT2D eigenvalue weighted by atomic mass is 14.2. The van der Waals surface area contributed by atoms with E-state index in [2.05, 4.69) is 41.5 Å². The zero-order valence-electron chi connectivity index (χ0n) is 12.6. The van der Waals surface area contributed by atoms with Gasteiger partial charge >= 0.3 is 0 Å². The van der Waals surface area contributed by atoms with Gasteiger partial charge in [-0.3, -0.25) is 0 Å². The summed E-state index contributed by atoms with van der Waals surface area (Å²) in [6.45, 7) is 14.3. The second kappa shape index (κ2) is 9.07. The fourth-order valence-corrected chi connectivity index (χ4v) is 2.31. The van der Waals surface area contributed by atoms with Gasteiger partial charge in [-0.05, 0) is 23.7 Å². The molecule has 0 radical (unpaired) electrons. The van der Waals surface area contributed by atoms with E-state index in [-0.39, 0.29) is 0 Å². The summed E-state index contributed by atoms with van der Waals surface area (Å²) in [5, 5.41) is 0. The Morgan fingerprint density at radius 1 is 0.562 bits per heavy atom. The van der Waals surface area contributed by atoms with E-state index in [9.17, 15) is 0 Å². The first-order valence-electron chi connectivity index (χ1n) is 7.52. The Morgan fingerprint density at radius 2 is 0.875 bits per heavy atom. The van der Waals surface area contributed by atoms with Gasteiger partial charge in [0.05, 0.1) is 0 Å². The van der Waals surface area contributed by atoms with Gasteiger partial charge in [-0.25, -0.2) is 0 Å². The zero-order valence-corrected chi connectivity index (χ0v) is 12.6. The Hall–Kier alpha value is 0. The minimum Gasteiger partial charge on any atom is -0.0651 e. The molecule has 0 nitrogen and oxygen atoms in total. The maximum atomic E-state index is 2.42. The summed E-state index contributed by atoms with van der Waals surface area (Å²) >= 11 is 0. The molecule has 4 atom stereocenters. The van der Waals surface area contributed by atoms with Crippen LogP contribution in [0.1, 0.15) is 80.1 Å². The minimum atomic E-state index is 0.909. The second-order valence-electron chi connectivity index (χ2n) is 6.01. The van der Waals surface area contributed by atoms with E-state index in [1.54, 1.807) is 0 Å². The van der Waals surface area contributed by atoms with E-state index >= 15 is 0 Å². The van der Waals surface area contributed by atoms with Crippen LogP contribution in [0.4, 0.5) is 0 Å². The molecule has 0 amide bonds. The van der Waals surface area contributed by atoms with E-state index < -0.39 is 0 Å². The molecule has 4 unspecified atom stereocenters. The largest absolute Gasteiger partial charge is 0.0651 e. The second-order valence-corrected chi connectivity index (χ2v) is 6.01. The van der Waals surface area contributed by atoms with Gasteiger partial charge in [0.1, 0.15) is 0 Å². The molecule has 98 valence electrons. The van der Waals surface area contributed by atoms with Crippen LogP contribution in [0, 0.1) is 23.7 Å². The third-order valence-corrected chi connectivity index (χ3v) is 4.80. The molecule has 0 spiro atoms. The molecule has 0 aliphatic heterocycles. The molecule has 0 heteroatoms. The topological polar surface area (TPSA) is 0 Å². The van der Waals surface area contributed by atoms with Crippen LogP contribution >= 0.6 is 0 Å². The fraction of sp³-hybridized carbons (Fsp3) is 1.00. The summed E-state index contributed by atoms with van der Waals surface area (Å²) in [7, 11) is 0. The maximum absolute atomic E-state index is 2.42. The van der Waals surface area contributed by atoms with E-state index in [1.807, 2.05) is 0 Å². The Bertz CT molecular complexity index is 132. The number of hydrogen-bond acceptors (Lipinski definition) is 0. The van der Waals surface area contributed by atoms with Crippen LogP contribution < -0.4 is 0 Å². The third kappa shape index (κ3) is 6.55. The molecule has 0 saturated heterocycles. The Balaban J connectivity index is 3.52. The molecular formula is C16H34. The van der Waals surface area contributed by atoms with Crippen LogP contribution in [0.3, 0.4) is 0 Å². The summed E-state index contributed by atoms with van der Waals surface area (Å²) < 4.78 is 0. The van der Waals surface area contributed by atoms with E-state index in [0.717, 1.165) is 23.7 Å². The van der Waals surface area contributed by atoms with E-state index in [1.165, 1.54) is 38.5 Å². The van der Waals surface area contributed by atoms with Crippen molar-refractivity contribution in [3.05, 3.63) is 0 Å². The van der Waals surface area contributed by atoms with Crippen molar-refractivity contribution in [3.8, 4) is 0 Å². The van der Waals surface area contributed by atoms with E-state index in [4.69, 9.17) is 0 Å². The van der Waals surface area contributed by atoms with Crippen molar-refractivity contribution in [2.45, 2.75) is 80.1 Å². The average Bonchev–Trinajstić information content (AvgIpc) is 2.31. The molecule has 0 heterocycles. The van der Waals surface area contributed by atoms with Crippen molar-refractivity contribution >= 4 is 0 Å². The van der Waals surface area contributed by atoms with Crippen molar-refractivity contribution in [2.75, 3.05) is 0 Å². The summed E-state index contributed by atoms with van der Waals surface area (Å²) in [6, 6.07) is 0. The first-order valence-corrected chi connectivity index (χ1v) is 7.52. The van der Waals surface area contributed by atoms with Crippen molar-refractivity contribution in [1.29, 1.82) is 0 Å². The van der Waals surface area contributed by atoms with Crippen molar-refractivity contribution < 1.29 is 0 Å². The molecule has 0 N–H and O–H groups in total. The number of unbranched alkanes of at least 4 members (excludes halogenated alkanes) is 1. The van der Waals surface area contributed by atoms with Gasteiger partial charge in [0.2, 0.25) is 0 Å². The summed E-state index contributed by atoms with van der Waals surface area (Å²) in [5.41, 5.74) is 0. The zero-order chi connectivity index (χ0) is 12.6. The molecule has 0 bridgehead atoms. The Kier molecular flexibility index (Phi) is 9.07. The highest BCUT2D eigenvalue weighted by Gasteiger charge is 2.12. The van der Waals surface area contributed by atoms with Crippen LogP contribution in [0.5, 0.6) is 0 Å². The fourth-order valence-electron chi connectivity index (χ4n) is 2.31. The Labute approximate surface area is 104 Å². The lowest BCUT2D eigenvalue weighted by molar-refractivity contribution is 0.315. The van der Waals surface area contributed by atoms with Crippen molar-refractivity contribution in [3.63, 3.8) is 0 Å². The lowest BCUT2D eigenvalue weighted by Crippen LogP contribution is -2.08. The highest BCUT2D eigenvalue weighted by molar-refractivity contribution is 4.63. The van der Waals surface area contributed by atoms with Crippen molar-refractivity contribution in [2.24, 2.45) is 23.7 Å². The van der Waals surface area contributed by atoms with Crippen molar-refractivity contribution in [1.82, 2.24) is 0 Å². The average molecular weight is 226 g/mol. The van der Waals surface area contributed by atoms with Gasteiger partial charge in [-0.2, -0.15) is 0 Å². The smallest absolute Gasteiger partial charge is 0.0417 e. The molecule has 0 fully saturated rings. The summed E-state index contributed by atoms with van der Waals surface area (Å²) in [5.74, 6) is 3.66. The molecule has 0 aromatic heterocycles. The number of rotatable bonds is 9.